The van der Waals surface area contributed by atoms with E-state index in [1.165, 1.54) is 10.7 Å². The maximum atomic E-state index is 10.9. The summed E-state index contributed by atoms with van der Waals surface area (Å²) in [6.07, 6.45) is 2.83. The average Bonchev–Trinajstić information content (AvgIpc) is 2.78. The van der Waals surface area contributed by atoms with E-state index in [2.05, 4.69) is 10.3 Å². The molecule has 2 aromatic heterocycles. The number of ether oxygens (including phenoxy) is 1. The summed E-state index contributed by atoms with van der Waals surface area (Å²) in [5, 5.41) is 15.7. The van der Waals surface area contributed by atoms with Gasteiger partial charge in [-0.3, -0.25) is 0 Å². The second-order valence-electron chi connectivity index (χ2n) is 3.82. The predicted octanol–water partition coefficient (Wildman–Crippen LogP) is 1.57. The van der Waals surface area contributed by atoms with Gasteiger partial charge in [0.05, 0.1) is 17.9 Å². The molecule has 18 heavy (non-hydrogen) atoms. The maximum Gasteiger partial charge on any atom is 0.339 e. The third kappa shape index (κ3) is 2.29. The second kappa shape index (κ2) is 4.82. The number of nitrogens with zero attached hydrogens (tertiary/aromatic N) is 3. The fourth-order valence-electron chi connectivity index (χ4n) is 1.46. The lowest BCUT2D eigenvalue weighted by molar-refractivity contribution is 0.0699. The van der Waals surface area contributed by atoms with Gasteiger partial charge >= 0.3 is 5.97 Å². The van der Waals surface area contributed by atoms with Crippen molar-refractivity contribution >= 4 is 11.5 Å². The van der Waals surface area contributed by atoms with Gasteiger partial charge in [-0.1, -0.05) is 5.18 Å². The maximum absolute atomic E-state index is 10.9. The number of pyridine rings is 1. The molecule has 0 amide bonds. The number of carboxylic acid groups (broad SMARTS) is 1. The van der Waals surface area contributed by atoms with Crippen molar-refractivity contribution in [3.8, 4) is 5.75 Å². The lowest BCUT2D eigenvalue weighted by Crippen LogP contribution is -2.11. The highest BCUT2D eigenvalue weighted by molar-refractivity contribution is 5.95. The Hall–Kier alpha value is -2.44. The van der Waals surface area contributed by atoms with Crippen LogP contribution in [-0.2, 0) is 0 Å². The van der Waals surface area contributed by atoms with E-state index < -0.39 is 12.0 Å². The van der Waals surface area contributed by atoms with Crippen molar-refractivity contribution in [2.75, 3.05) is 6.61 Å². The van der Waals surface area contributed by atoms with E-state index in [1.807, 2.05) is 0 Å². The van der Waals surface area contributed by atoms with Gasteiger partial charge in [0.25, 0.3) is 0 Å². The van der Waals surface area contributed by atoms with Gasteiger partial charge in [0.2, 0.25) is 0 Å². The minimum atomic E-state index is -1.03. The largest absolute Gasteiger partial charge is 0.490 e. The van der Waals surface area contributed by atoms with Gasteiger partial charge in [0, 0.05) is 0 Å². The summed E-state index contributed by atoms with van der Waals surface area (Å²) in [5.74, 6) is -0.532. The Morgan fingerprint density at radius 1 is 1.61 bits per heavy atom. The van der Waals surface area contributed by atoms with Crippen LogP contribution in [0.15, 0.2) is 29.7 Å². The van der Waals surface area contributed by atoms with Crippen LogP contribution in [0.2, 0.25) is 0 Å². The van der Waals surface area contributed by atoms with E-state index in [-0.39, 0.29) is 12.2 Å². The zero-order valence-electron chi connectivity index (χ0n) is 9.61. The van der Waals surface area contributed by atoms with Gasteiger partial charge in [0.15, 0.2) is 0 Å². The van der Waals surface area contributed by atoms with Crippen LogP contribution in [0.25, 0.3) is 5.52 Å². The molecule has 2 heterocycles. The van der Waals surface area contributed by atoms with Gasteiger partial charge in [0.1, 0.15) is 24.0 Å². The summed E-state index contributed by atoms with van der Waals surface area (Å²) in [4.78, 5) is 21.1. The molecule has 0 aromatic carbocycles. The van der Waals surface area contributed by atoms with E-state index in [0.29, 0.717) is 11.3 Å². The number of nitroso groups, excluding NO2 is 1. The average molecular weight is 249 g/mol. The highest BCUT2D eigenvalue weighted by atomic mass is 16.5. The SMILES string of the molecule is CC(COc1ccc2c(C(=O)O)cnn2c1)N=O. The van der Waals surface area contributed by atoms with Crippen molar-refractivity contribution in [3.05, 3.63) is 35.0 Å². The number of carboxylic acids is 1. The van der Waals surface area contributed by atoms with Gasteiger partial charge in [-0.2, -0.15) is 10.0 Å². The fourth-order valence-corrected chi connectivity index (χ4v) is 1.46. The van der Waals surface area contributed by atoms with Crippen LogP contribution in [0.5, 0.6) is 5.75 Å². The monoisotopic (exact) mass is 249 g/mol. The molecule has 7 nitrogen and oxygen atoms in total. The minimum Gasteiger partial charge on any atom is -0.490 e. The first-order valence-electron chi connectivity index (χ1n) is 5.27. The molecule has 1 N–H and O–H groups in total. The Bertz CT molecular complexity index is 593. The molecule has 0 bridgehead atoms. The molecular weight excluding hydrogens is 238 g/mol. The Balaban J connectivity index is 2.23. The van der Waals surface area contributed by atoms with Crippen LogP contribution in [-0.4, -0.2) is 33.3 Å². The number of aromatic carboxylic acids is 1. The van der Waals surface area contributed by atoms with Gasteiger partial charge < -0.3 is 9.84 Å². The van der Waals surface area contributed by atoms with Gasteiger partial charge in [-0.15, -0.1) is 0 Å². The molecule has 0 spiro atoms. The summed E-state index contributed by atoms with van der Waals surface area (Å²) >= 11 is 0. The molecule has 7 heteroatoms. The second-order valence-corrected chi connectivity index (χ2v) is 3.82. The third-order valence-electron chi connectivity index (χ3n) is 2.39. The first-order chi connectivity index (χ1) is 8.61. The van der Waals surface area contributed by atoms with Gasteiger partial charge in [-0.25, -0.2) is 9.31 Å². The summed E-state index contributed by atoms with van der Waals surface area (Å²) in [5.41, 5.74) is 0.612. The number of rotatable bonds is 5. The molecule has 2 aromatic rings. The Morgan fingerprint density at radius 3 is 3.06 bits per heavy atom. The summed E-state index contributed by atoms with van der Waals surface area (Å²) < 4.78 is 6.75. The topological polar surface area (TPSA) is 93.3 Å². The Labute approximate surface area is 102 Å². The zero-order valence-corrected chi connectivity index (χ0v) is 9.61. The smallest absolute Gasteiger partial charge is 0.339 e. The third-order valence-corrected chi connectivity index (χ3v) is 2.39. The van der Waals surface area contributed by atoms with Crippen molar-refractivity contribution in [2.24, 2.45) is 5.18 Å². The number of aromatic nitrogens is 2. The first kappa shape index (κ1) is 12.0. The van der Waals surface area contributed by atoms with Crippen molar-refractivity contribution in [1.82, 2.24) is 9.61 Å². The molecule has 0 fully saturated rings. The van der Waals surface area contributed by atoms with Crippen LogP contribution in [0.4, 0.5) is 0 Å². The number of hydrogen-bond donors (Lipinski definition) is 1. The van der Waals surface area contributed by atoms with E-state index in [0.717, 1.165) is 0 Å². The van der Waals surface area contributed by atoms with Crippen molar-refractivity contribution < 1.29 is 14.6 Å². The highest BCUT2D eigenvalue weighted by Gasteiger charge is 2.11. The van der Waals surface area contributed by atoms with E-state index in [1.54, 1.807) is 25.3 Å². The first-order valence-corrected chi connectivity index (χ1v) is 5.27. The van der Waals surface area contributed by atoms with Crippen LogP contribution in [0.1, 0.15) is 17.3 Å². The molecule has 0 aliphatic rings. The minimum absolute atomic E-state index is 0.129. The Kier molecular flexibility index (Phi) is 3.22. The zero-order chi connectivity index (χ0) is 13.1. The molecule has 0 radical (unpaired) electrons. The number of carbonyl (C=O) groups is 1. The predicted molar refractivity (Wildman–Crippen MR) is 62.9 cm³/mol. The van der Waals surface area contributed by atoms with Crippen molar-refractivity contribution in [2.45, 2.75) is 13.0 Å². The molecule has 0 aliphatic heterocycles. The molecule has 2 rings (SSSR count). The fraction of sp³-hybridized carbons (Fsp3) is 0.273. The number of hydrogen-bond acceptors (Lipinski definition) is 5. The van der Waals surface area contributed by atoms with Crippen LogP contribution in [0.3, 0.4) is 0 Å². The highest BCUT2D eigenvalue weighted by Crippen LogP contribution is 2.16. The number of fused-ring (bicyclic) bond motifs is 1. The molecule has 94 valence electrons. The molecule has 1 unspecified atom stereocenters. The van der Waals surface area contributed by atoms with Gasteiger partial charge in [-0.05, 0) is 19.1 Å². The normalized spacial score (nSPS) is 12.3. The summed E-state index contributed by atoms with van der Waals surface area (Å²) in [7, 11) is 0. The van der Waals surface area contributed by atoms with Crippen LogP contribution >= 0.6 is 0 Å². The molecule has 0 aliphatic carbocycles. The Morgan fingerprint density at radius 2 is 2.39 bits per heavy atom. The van der Waals surface area contributed by atoms with Crippen LogP contribution in [0, 0.1) is 4.91 Å². The lowest BCUT2D eigenvalue weighted by atomic mass is 10.2. The van der Waals surface area contributed by atoms with Crippen molar-refractivity contribution in [1.29, 1.82) is 0 Å². The molecule has 1 atom stereocenters. The quantitative estimate of drug-likeness (QED) is 0.811. The summed E-state index contributed by atoms with van der Waals surface area (Å²) in [6.45, 7) is 1.81. The van der Waals surface area contributed by atoms with Crippen molar-refractivity contribution in [3.63, 3.8) is 0 Å². The van der Waals surface area contributed by atoms with E-state index >= 15 is 0 Å². The van der Waals surface area contributed by atoms with E-state index in [9.17, 15) is 9.70 Å². The molecule has 0 saturated heterocycles. The van der Waals surface area contributed by atoms with E-state index in [4.69, 9.17) is 9.84 Å². The van der Waals surface area contributed by atoms with Crippen LogP contribution < -0.4 is 4.74 Å². The summed E-state index contributed by atoms with van der Waals surface area (Å²) in [6, 6.07) is 2.79. The molecular formula is C11H11N3O4. The standard InChI is InChI=1S/C11H11N3O4/c1-7(13-17)6-18-8-2-3-10-9(11(15)16)4-12-14(10)5-8/h2-5,7H,6H2,1H3,(H,15,16). The lowest BCUT2D eigenvalue weighted by Gasteiger charge is -2.07. The molecule has 0 saturated carbocycles.